The van der Waals surface area contributed by atoms with Gasteiger partial charge in [-0.2, -0.15) is 0 Å². The van der Waals surface area contributed by atoms with Crippen molar-refractivity contribution in [2.75, 3.05) is 13.2 Å². The first-order valence-corrected chi connectivity index (χ1v) is 10.5. The molecule has 2 aromatic carbocycles. The number of aryl methyl sites for hydroxylation is 2. The van der Waals surface area contributed by atoms with Crippen molar-refractivity contribution in [1.82, 2.24) is 10.3 Å². The number of amides is 1. The number of carbonyl (C=O) groups is 1. The Morgan fingerprint density at radius 2 is 1.97 bits per heavy atom. The quantitative estimate of drug-likeness (QED) is 0.418. The maximum atomic E-state index is 12.9. The molecule has 6 nitrogen and oxygen atoms in total. The van der Waals surface area contributed by atoms with Crippen LogP contribution < -0.4 is 15.7 Å². The van der Waals surface area contributed by atoms with E-state index < -0.39 is 5.63 Å². The highest BCUT2D eigenvalue weighted by Crippen LogP contribution is 2.28. The van der Waals surface area contributed by atoms with Crippen LogP contribution in [0.2, 0.25) is 5.02 Å². The largest absolute Gasteiger partial charge is 0.494 e. The first kappa shape index (κ1) is 21.0. The second kappa shape index (κ2) is 8.47. The molecule has 0 saturated carbocycles. The van der Waals surface area contributed by atoms with E-state index in [1.165, 1.54) is 6.07 Å². The number of aromatic amines is 1. The number of halogens is 1. The van der Waals surface area contributed by atoms with Crippen molar-refractivity contribution in [1.29, 1.82) is 0 Å². The van der Waals surface area contributed by atoms with Gasteiger partial charge in [0.15, 0.2) is 0 Å². The summed E-state index contributed by atoms with van der Waals surface area (Å²) in [7, 11) is 0. The van der Waals surface area contributed by atoms with Crippen molar-refractivity contribution >= 4 is 39.4 Å². The van der Waals surface area contributed by atoms with Crippen LogP contribution in [-0.2, 0) is 6.42 Å². The minimum Gasteiger partial charge on any atom is -0.494 e. The molecule has 2 heterocycles. The third kappa shape index (κ3) is 4.16. The number of rotatable bonds is 6. The first-order valence-electron chi connectivity index (χ1n) is 10.1. The van der Waals surface area contributed by atoms with Crippen LogP contribution in [0.15, 0.2) is 45.6 Å². The zero-order valence-electron chi connectivity index (χ0n) is 17.6. The molecule has 0 unspecified atom stereocenters. The molecule has 160 valence electrons. The van der Waals surface area contributed by atoms with E-state index in [0.717, 1.165) is 27.7 Å². The lowest BCUT2D eigenvalue weighted by molar-refractivity contribution is 0.0955. The average molecular weight is 439 g/mol. The number of aromatic nitrogens is 1. The molecule has 0 aliphatic heterocycles. The fourth-order valence-electron chi connectivity index (χ4n) is 3.92. The number of hydrogen-bond acceptors (Lipinski definition) is 4. The van der Waals surface area contributed by atoms with Crippen molar-refractivity contribution in [3.8, 4) is 5.75 Å². The second-order valence-electron chi connectivity index (χ2n) is 7.45. The monoisotopic (exact) mass is 438 g/mol. The Hall–Kier alpha value is -3.25. The van der Waals surface area contributed by atoms with Gasteiger partial charge in [-0.25, -0.2) is 4.79 Å². The highest BCUT2D eigenvalue weighted by atomic mass is 35.5. The molecule has 4 rings (SSSR count). The van der Waals surface area contributed by atoms with Gasteiger partial charge in [-0.15, -0.1) is 0 Å². The number of nitrogens with one attached hydrogen (secondary N) is 2. The Morgan fingerprint density at radius 3 is 2.74 bits per heavy atom. The lowest BCUT2D eigenvalue weighted by Gasteiger charge is -2.09. The number of hydrogen-bond donors (Lipinski definition) is 2. The summed E-state index contributed by atoms with van der Waals surface area (Å²) in [5.74, 6) is 0.258. The molecule has 0 spiro atoms. The maximum absolute atomic E-state index is 12.9. The number of carbonyl (C=O) groups excluding carboxylic acids is 1. The van der Waals surface area contributed by atoms with Crippen molar-refractivity contribution in [2.24, 2.45) is 0 Å². The standard InChI is InChI=1S/C24H23ClN2O4/c1-4-30-16-5-6-18-20(12-22(28)31-21(18)11-16)24(29)26-8-7-17-14(3)27-23-13(2)9-15(25)10-19(17)23/h5-6,9-12,27H,4,7-8H2,1-3H3,(H,26,29). The number of ether oxygens (including phenoxy) is 1. The average Bonchev–Trinajstić information content (AvgIpc) is 3.03. The Morgan fingerprint density at radius 1 is 1.16 bits per heavy atom. The van der Waals surface area contributed by atoms with Crippen molar-refractivity contribution in [3.05, 3.63) is 74.2 Å². The molecule has 1 amide bonds. The van der Waals surface area contributed by atoms with E-state index >= 15 is 0 Å². The summed E-state index contributed by atoms with van der Waals surface area (Å²) in [5, 5.41) is 5.23. The Kier molecular flexibility index (Phi) is 5.74. The topological polar surface area (TPSA) is 84.3 Å². The third-order valence-electron chi connectivity index (χ3n) is 5.32. The van der Waals surface area contributed by atoms with E-state index in [-0.39, 0.29) is 11.5 Å². The molecule has 2 N–H and O–H groups in total. The van der Waals surface area contributed by atoms with E-state index in [1.54, 1.807) is 18.2 Å². The number of H-pyrrole nitrogens is 1. The second-order valence-corrected chi connectivity index (χ2v) is 7.89. The maximum Gasteiger partial charge on any atom is 0.337 e. The molecule has 0 atom stereocenters. The highest BCUT2D eigenvalue weighted by molar-refractivity contribution is 6.31. The van der Waals surface area contributed by atoms with Gasteiger partial charge in [0.1, 0.15) is 11.3 Å². The van der Waals surface area contributed by atoms with Crippen LogP contribution in [0.5, 0.6) is 5.75 Å². The highest BCUT2D eigenvalue weighted by Gasteiger charge is 2.15. The zero-order valence-corrected chi connectivity index (χ0v) is 18.4. The van der Waals surface area contributed by atoms with Gasteiger partial charge in [-0.1, -0.05) is 11.6 Å². The number of fused-ring (bicyclic) bond motifs is 2. The van der Waals surface area contributed by atoms with Gasteiger partial charge >= 0.3 is 5.63 Å². The van der Waals surface area contributed by atoms with Gasteiger partial charge in [0.05, 0.1) is 12.2 Å². The van der Waals surface area contributed by atoms with Crippen LogP contribution in [0.1, 0.15) is 34.1 Å². The summed E-state index contributed by atoms with van der Waals surface area (Å²) in [6, 6.07) is 10.2. The van der Waals surface area contributed by atoms with Crippen LogP contribution in [-0.4, -0.2) is 24.0 Å². The van der Waals surface area contributed by atoms with Crippen LogP contribution in [0.25, 0.3) is 21.9 Å². The zero-order chi connectivity index (χ0) is 22.1. The minimum absolute atomic E-state index is 0.281. The van der Waals surface area contributed by atoms with Gasteiger partial charge in [0.2, 0.25) is 0 Å². The molecular formula is C24H23ClN2O4. The molecule has 31 heavy (non-hydrogen) atoms. The van der Waals surface area contributed by atoms with Gasteiger partial charge in [-0.05, 0) is 62.6 Å². The molecule has 0 bridgehead atoms. The summed E-state index contributed by atoms with van der Waals surface area (Å²) in [6.45, 7) is 6.80. The summed E-state index contributed by atoms with van der Waals surface area (Å²) in [4.78, 5) is 28.2. The third-order valence-corrected chi connectivity index (χ3v) is 5.54. The predicted molar refractivity (Wildman–Crippen MR) is 122 cm³/mol. The van der Waals surface area contributed by atoms with Crippen LogP contribution >= 0.6 is 11.6 Å². The lowest BCUT2D eigenvalue weighted by atomic mass is 10.1. The predicted octanol–water partition coefficient (Wildman–Crippen LogP) is 4.92. The van der Waals surface area contributed by atoms with Gasteiger partial charge in [-0.3, -0.25) is 4.79 Å². The molecule has 0 fully saturated rings. The molecule has 0 saturated heterocycles. The SMILES string of the molecule is CCOc1ccc2c(C(=O)NCCc3c(C)[nH]c4c(C)cc(Cl)cc34)cc(=O)oc2c1. The molecule has 0 aliphatic rings. The van der Waals surface area contributed by atoms with E-state index in [0.29, 0.717) is 41.3 Å². The van der Waals surface area contributed by atoms with Crippen molar-refractivity contribution in [2.45, 2.75) is 27.2 Å². The van der Waals surface area contributed by atoms with E-state index in [4.69, 9.17) is 20.8 Å². The molecule has 4 aromatic rings. The summed E-state index contributed by atoms with van der Waals surface area (Å²) >= 11 is 6.24. The van der Waals surface area contributed by atoms with Gasteiger partial charge in [0.25, 0.3) is 5.91 Å². The Labute approximate surface area is 184 Å². The summed E-state index contributed by atoms with van der Waals surface area (Å²) in [6.07, 6.45) is 0.630. The van der Waals surface area contributed by atoms with Gasteiger partial charge < -0.3 is 19.5 Å². The van der Waals surface area contributed by atoms with Crippen LogP contribution in [0, 0.1) is 13.8 Å². The van der Waals surface area contributed by atoms with E-state index in [1.807, 2.05) is 32.9 Å². The fourth-order valence-corrected chi connectivity index (χ4v) is 4.19. The minimum atomic E-state index is -0.580. The molecule has 0 radical (unpaired) electrons. The normalized spacial score (nSPS) is 11.2. The lowest BCUT2D eigenvalue weighted by Crippen LogP contribution is -2.27. The van der Waals surface area contributed by atoms with E-state index in [2.05, 4.69) is 10.3 Å². The summed E-state index contributed by atoms with van der Waals surface area (Å²) < 4.78 is 10.7. The Balaban J connectivity index is 1.56. The molecule has 7 heteroatoms. The number of benzene rings is 2. The molecular weight excluding hydrogens is 416 g/mol. The first-order chi connectivity index (χ1) is 14.9. The Bertz CT molecular complexity index is 1350. The van der Waals surface area contributed by atoms with Crippen LogP contribution in [0.3, 0.4) is 0 Å². The van der Waals surface area contributed by atoms with Crippen molar-refractivity contribution < 1.29 is 13.9 Å². The van der Waals surface area contributed by atoms with E-state index in [9.17, 15) is 9.59 Å². The van der Waals surface area contributed by atoms with Crippen LogP contribution in [0.4, 0.5) is 0 Å². The fraction of sp³-hybridized carbons (Fsp3) is 0.250. The summed E-state index contributed by atoms with van der Waals surface area (Å²) in [5.41, 5.74) is 4.31. The van der Waals surface area contributed by atoms with Gasteiger partial charge in [0, 0.05) is 45.7 Å². The van der Waals surface area contributed by atoms with Crippen molar-refractivity contribution in [3.63, 3.8) is 0 Å². The molecule has 2 aromatic heterocycles. The smallest absolute Gasteiger partial charge is 0.337 e. The molecule has 0 aliphatic carbocycles.